The highest BCUT2D eigenvalue weighted by molar-refractivity contribution is 7.15. The lowest BCUT2D eigenvalue weighted by Gasteiger charge is -2.23. The molecule has 2 saturated heterocycles. The minimum atomic E-state index is 0. The molecule has 24 heavy (non-hydrogen) atoms. The minimum Gasteiger partial charge on any atom is -0.462 e. The van der Waals surface area contributed by atoms with Crippen LogP contribution < -0.4 is 5.32 Å². The number of carbonyl (C=O) groups excluding carboxylic acids is 1. The number of fused-ring (bicyclic) bond motifs is 2. The molecule has 2 fully saturated rings. The van der Waals surface area contributed by atoms with Gasteiger partial charge in [0.05, 0.1) is 6.26 Å². The molecular formula is C16H21Cl2N3O2S. The molecule has 2 aliphatic rings. The molecule has 8 heteroatoms. The quantitative estimate of drug-likeness (QED) is 0.853. The van der Waals surface area contributed by atoms with Crippen LogP contribution in [0.25, 0.3) is 10.8 Å². The van der Waals surface area contributed by atoms with Gasteiger partial charge in [-0.15, -0.1) is 36.2 Å². The van der Waals surface area contributed by atoms with Gasteiger partial charge in [-0.1, -0.05) is 0 Å². The number of aromatic nitrogens is 1. The average molecular weight is 390 g/mol. The van der Waals surface area contributed by atoms with Gasteiger partial charge < -0.3 is 14.6 Å². The maximum Gasteiger partial charge on any atom is 0.273 e. The van der Waals surface area contributed by atoms with E-state index in [9.17, 15) is 4.79 Å². The number of carbonyl (C=O) groups is 1. The van der Waals surface area contributed by atoms with Gasteiger partial charge in [-0.05, 0) is 38.3 Å². The number of nitrogens with one attached hydrogen (secondary N) is 1. The van der Waals surface area contributed by atoms with Crippen LogP contribution in [0.1, 0.15) is 34.6 Å². The van der Waals surface area contributed by atoms with Crippen LogP contribution in [0, 0.1) is 6.92 Å². The number of nitrogens with zero attached hydrogens (tertiary/aromatic N) is 2. The Bertz CT molecular complexity index is 690. The van der Waals surface area contributed by atoms with Crippen molar-refractivity contribution >= 4 is 42.1 Å². The summed E-state index contributed by atoms with van der Waals surface area (Å²) in [5, 5.41) is 4.38. The van der Waals surface area contributed by atoms with Crippen LogP contribution in [0.5, 0.6) is 0 Å². The van der Waals surface area contributed by atoms with E-state index >= 15 is 0 Å². The minimum absolute atomic E-state index is 0. The number of aryl methyl sites for hydroxylation is 1. The molecular weight excluding hydrogens is 369 g/mol. The zero-order chi connectivity index (χ0) is 15.1. The van der Waals surface area contributed by atoms with Crippen LogP contribution in [0.3, 0.4) is 0 Å². The maximum atomic E-state index is 12.8. The fourth-order valence-electron chi connectivity index (χ4n) is 3.38. The number of amides is 1. The van der Waals surface area contributed by atoms with E-state index in [4.69, 9.17) is 4.42 Å². The number of hydrogen-bond acceptors (Lipinski definition) is 5. The molecule has 0 aliphatic carbocycles. The molecule has 2 unspecified atom stereocenters. The van der Waals surface area contributed by atoms with Crippen molar-refractivity contribution in [3.63, 3.8) is 0 Å². The molecule has 4 rings (SSSR count). The van der Waals surface area contributed by atoms with Crippen molar-refractivity contribution in [1.29, 1.82) is 0 Å². The highest BCUT2D eigenvalue weighted by atomic mass is 35.5. The van der Waals surface area contributed by atoms with Crippen molar-refractivity contribution in [2.24, 2.45) is 0 Å². The van der Waals surface area contributed by atoms with Crippen molar-refractivity contribution in [2.45, 2.75) is 38.3 Å². The molecule has 4 heterocycles. The van der Waals surface area contributed by atoms with Crippen LogP contribution in [-0.2, 0) is 0 Å². The van der Waals surface area contributed by atoms with Crippen molar-refractivity contribution in [2.75, 3.05) is 13.1 Å². The van der Waals surface area contributed by atoms with Gasteiger partial charge in [-0.3, -0.25) is 4.79 Å². The Morgan fingerprint density at radius 1 is 1.33 bits per heavy atom. The Hall–Kier alpha value is -1.08. The molecule has 0 radical (unpaired) electrons. The smallest absolute Gasteiger partial charge is 0.273 e. The molecule has 1 amide bonds. The number of furan rings is 1. The lowest BCUT2D eigenvalue weighted by Crippen LogP contribution is -2.39. The van der Waals surface area contributed by atoms with Gasteiger partial charge in [0.25, 0.3) is 5.91 Å². The predicted octanol–water partition coefficient (Wildman–Crippen LogP) is 3.52. The molecule has 2 aromatic heterocycles. The monoisotopic (exact) mass is 389 g/mol. The van der Waals surface area contributed by atoms with E-state index in [1.807, 2.05) is 24.0 Å². The van der Waals surface area contributed by atoms with Gasteiger partial charge in [0.1, 0.15) is 5.69 Å². The summed E-state index contributed by atoms with van der Waals surface area (Å²) in [6.45, 7) is 3.57. The fraction of sp³-hybridized carbons (Fsp3) is 0.500. The Labute approximate surface area is 157 Å². The molecule has 0 spiro atoms. The summed E-state index contributed by atoms with van der Waals surface area (Å²) < 4.78 is 5.39. The lowest BCUT2D eigenvalue weighted by atomic mass is 10.1. The van der Waals surface area contributed by atoms with E-state index in [0.29, 0.717) is 17.8 Å². The van der Waals surface area contributed by atoms with Crippen molar-refractivity contribution < 1.29 is 9.21 Å². The number of thiazole rings is 1. The molecule has 0 aromatic carbocycles. The summed E-state index contributed by atoms with van der Waals surface area (Å²) in [5.41, 5.74) is 0.578. The van der Waals surface area contributed by atoms with Crippen LogP contribution in [0.4, 0.5) is 0 Å². The fourth-order valence-corrected chi connectivity index (χ4v) is 4.25. The summed E-state index contributed by atoms with van der Waals surface area (Å²) in [7, 11) is 0. The van der Waals surface area contributed by atoms with E-state index in [1.54, 1.807) is 6.26 Å². The summed E-state index contributed by atoms with van der Waals surface area (Å²) in [5.74, 6) is 0.782. The zero-order valence-electron chi connectivity index (χ0n) is 13.4. The largest absolute Gasteiger partial charge is 0.462 e. The molecule has 2 aromatic rings. The third-order valence-electron chi connectivity index (χ3n) is 4.54. The first kappa shape index (κ1) is 19.2. The second-order valence-electron chi connectivity index (χ2n) is 6.08. The second kappa shape index (κ2) is 7.87. The predicted molar refractivity (Wildman–Crippen MR) is 99.5 cm³/mol. The van der Waals surface area contributed by atoms with Crippen LogP contribution in [0.2, 0.25) is 0 Å². The summed E-state index contributed by atoms with van der Waals surface area (Å²) in [6, 6.07) is 4.74. The molecule has 0 saturated carbocycles. The molecule has 2 atom stereocenters. The van der Waals surface area contributed by atoms with Crippen LogP contribution >= 0.6 is 36.2 Å². The standard InChI is InChI=1S/C16H19N3O2S.2ClH/c1-10-14(18-15(22-10)13-3-2-8-21-13)16(20)19-7-6-11-4-5-12(9-19)17-11;;/h2-3,8,11-12,17H,4-7,9H2,1H3;2*1H. The van der Waals surface area contributed by atoms with Crippen LogP contribution in [-0.4, -0.2) is 41.0 Å². The molecule has 1 N–H and O–H groups in total. The van der Waals surface area contributed by atoms with Gasteiger partial charge in [-0.25, -0.2) is 4.98 Å². The topological polar surface area (TPSA) is 58.4 Å². The summed E-state index contributed by atoms with van der Waals surface area (Å²) in [6.07, 6.45) is 5.08. The van der Waals surface area contributed by atoms with Gasteiger partial charge in [-0.2, -0.15) is 0 Å². The third kappa shape index (κ3) is 3.61. The zero-order valence-corrected chi connectivity index (χ0v) is 15.8. The van der Waals surface area contributed by atoms with E-state index in [1.165, 1.54) is 24.2 Å². The van der Waals surface area contributed by atoms with Crippen LogP contribution in [0.15, 0.2) is 22.8 Å². The first-order chi connectivity index (χ1) is 10.7. The Morgan fingerprint density at radius 2 is 2.12 bits per heavy atom. The number of hydrogen-bond donors (Lipinski definition) is 1. The van der Waals surface area contributed by atoms with E-state index in [0.717, 1.165) is 35.2 Å². The summed E-state index contributed by atoms with van der Waals surface area (Å²) >= 11 is 1.52. The van der Waals surface area contributed by atoms with E-state index in [2.05, 4.69) is 10.3 Å². The van der Waals surface area contributed by atoms with Crippen molar-refractivity contribution in [3.8, 4) is 10.8 Å². The second-order valence-corrected chi connectivity index (χ2v) is 7.28. The number of halogens is 2. The first-order valence-electron chi connectivity index (χ1n) is 7.77. The van der Waals surface area contributed by atoms with E-state index < -0.39 is 0 Å². The van der Waals surface area contributed by atoms with Crippen molar-refractivity contribution in [3.05, 3.63) is 29.0 Å². The highest BCUT2D eigenvalue weighted by Gasteiger charge is 2.32. The molecule has 132 valence electrons. The molecule has 2 aliphatic heterocycles. The number of rotatable bonds is 2. The molecule has 5 nitrogen and oxygen atoms in total. The Balaban J connectivity index is 0.00000104. The normalized spacial score (nSPS) is 22.5. The molecule has 2 bridgehead atoms. The van der Waals surface area contributed by atoms with Gasteiger partial charge in [0, 0.05) is 30.1 Å². The Kier molecular flexibility index (Phi) is 6.31. The third-order valence-corrected chi connectivity index (χ3v) is 5.53. The van der Waals surface area contributed by atoms with Gasteiger partial charge in [0.2, 0.25) is 0 Å². The van der Waals surface area contributed by atoms with E-state index in [-0.39, 0.29) is 30.7 Å². The maximum absolute atomic E-state index is 12.8. The average Bonchev–Trinajstić information content (AvgIpc) is 3.18. The highest BCUT2D eigenvalue weighted by Crippen LogP contribution is 2.29. The van der Waals surface area contributed by atoms with Gasteiger partial charge in [0.15, 0.2) is 10.8 Å². The summed E-state index contributed by atoms with van der Waals surface area (Å²) in [4.78, 5) is 20.3. The lowest BCUT2D eigenvalue weighted by molar-refractivity contribution is 0.0742. The van der Waals surface area contributed by atoms with Gasteiger partial charge >= 0.3 is 0 Å². The van der Waals surface area contributed by atoms with Crippen molar-refractivity contribution in [1.82, 2.24) is 15.2 Å². The first-order valence-corrected chi connectivity index (χ1v) is 8.59. The Morgan fingerprint density at radius 3 is 2.88 bits per heavy atom. The SMILES string of the molecule is Cc1sc(-c2ccco2)nc1C(=O)N1CCC2CCC(C1)N2.Cl.Cl. The number of likely N-dealkylation sites (tertiary alicyclic amines) is 1.